The van der Waals surface area contributed by atoms with Gasteiger partial charge in [0.1, 0.15) is 0 Å². The molecule has 0 unspecified atom stereocenters. The number of aryl methyl sites for hydroxylation is 2. The van der Waals surface area contributed by atoms with Crippen LogP contribution in [0.5, 0.6) is 0 Å². The lowest BCUT2D eigenvalue weighted by atomic mass is 10.2. The van der Waals surface area contributed by atoms with E-state index in [0.29, 0.717) is 0 Å². The van der Waals surface area contributed by atoms with Crippen LogP contribution in [0.4, 0.5) is 0 Å². The Kier molecular flexibility index (Phi) is 5.41. The summed E-state index contributed by atoms with van der Waals surface area (Å²) in [4.78, 5) is 4.38. The van der Waals surface area contributed by atoms with Crippen LogP contribution < -0.4 is 16.2 Å². The molecule has 6 nitrogen and oxygen atoms in total. The molecule has 0 saturated carbocycles. The second-order valence-electron chi connectivity index (χ2n) is 5.20. The zero-order valence-corrected chi connectivity index (χ0v) is 14.3. The molecule has 2 aromatic rings. The molecule has 1 aromatic carbocycles. The molecule has 1 aromatic heterocycles. The van der Waals surface area contributed by atoms with Gasteiger partial charge in [-0.3, -0.25) is 9.99 Å². The lowest BCUT2D eigenvalue weighted by molar-refractivity contribution is 0.457. The third kappa shape index (κ3) is 3.91. The maximum absolute atomic E-state index is 4.66. The number of hydrogen-bond donors (Lipinski definition) is 2. The van der Waals surface area contributed by atoms with Gasteiger partial charge in [-0.1, -0.05) is 30.3 Å². The van der Waals surface area contributed by atoms with Crippen LogP contribution in [0, 0.1) is 13.8 Å². The monoisotopic (exact) mass is 312 g/mol. The third-order valence-corrected chi connectivity index (χ3v) is 3.48. The number of benzene rings is 1. The first kappa shape index (κ1) is 16.6. The van der Waals surface area contributed by atoms with Crippen LogP contribution >= 0.6 is 0 Å². The molecule has 122 valence electrons. The van der Waals surface area contributed by atoms with Crippen LogP contribution in [0.3, 0.4) is 0 Å². The topological polar surface area (TPSA) is 57.5 Å². The van der Waals surface area contributed by atoms with Gasteiger partial charge in [0.2, 0.25) is 0 Å². The maximum atomic E-state index is 4.66. The van der Waals surface area contributed by atoms with Gasteiger partial charge in [0.05, 0.1) is 17.1 Å². The predicted molar refractivity (Wildman–Crippen MR) is 93.8 cm³/mol. The number of nitrogens with zero attached hydrogens (tertiary/aromatic N) is 4. The van der Waals surface area contributed by atoms with Gasteiger partial charge in [0, 0.05) is 33.5 Å². The van der Waals surface area contributed by atoms with Crippen LogP contribution in [-0.2, 0) is 0 Å². The van der Waals surface area contributed by atoms with Crippen LogP contribution in [0.15, 0.2) is 47.8 Å². The van der Waals surface area contributed by atoms with E-state index < -0.39 is 0 Å². The summed E-state index contributed by atoms with van der Waals surface area (Å²) >= 11 is 0. The van der Waals surface area contributed by atoms with Gasteiger partial charge < -0.3 is 10.7 Å². The van der Waals surface area contributed by atoms with Crippen molar-refractivity contribution in [2.24, 2.45) is 5.10 Å². The Morgan fingerprint density at radius 3 is 2.52 bits per heavy atom. The Balaban J connectivity index is 2.44. The summed E-state index contributed by atoms with van der Waals surface area (Å²) < 4.78 is 1.91. The van der Waals surface area contributed by atoms with Crippen LogP contribution in [0.1, 0.15) is 17.0 Å². The zero-order valence-electron chi connectivity index (χ0n) is 14.3. The van der Waals surface area contributed by atoms with Crippen molar-refractivity contribution in [1.29, 1.82) is 0 Å². The van der Waals surface area contributed by atoms with Crippen molar-refractivity contribution >= 4 is 5.70 Å². The molecule has 1 heterocycles. The zero-order chi connectivity index (χ0) is 16.8. The molecular weight excluding hydrogens is 288 g/mol. The number of hydrogen-bond acceptors (Lipinski definition) is 5. The second kappa shape index (κ2) is 7.49. The molecule has 0 bridgehead atoms. The van der Waals surface area contributed by atoms with Crippen molar-refractivity contribution in [2.45, 2.75) is 13.8 Å². The smallest absolute Gasteiger partial charge is 0.193 e. The van der Waals surface area contributed by atoms with E-state index in [1.807, 2.05) is 70.3 Å². The highest BCUT2D eigenvalue weighted by atomic mass is 15.5. The van der Waals surface area contributed by atoms with Crippen molar-refractivity contribution in [3.8, 4) is 0 Å². The Morgan fingerprint density at radius 1 is 1.22 bits per heavy atom. The predicted octanol–water partition coefficient (Wildman–Crippen LogP) is 1.64. The molecule has 0 spiro atoms. The molecule has 0 aliphatic carbocycles. The van der Waals surface area contributed by atoms with E-state index in [-0.39, 0.29) is 0 Å². The first-order valence-corrected chi connectivity index (χ1v) is 7.52. The van der Waals surface area contributed by atoms with Crippen LogP contribution in [0.25, 0.3) is 5.70 Å². The quantitative estimate of drug-likeness (QED) is 0.824. The van der Waals surface area contributed by atoms with E-state index in [1.165, 1.54) is 0 Å². The van der Waals surface area contributed by atoms with Gasteiger partial charge in [0.25, 0.3) is 0 Å². The van der Waals surface area contributed by atoms with Crippen molar-refractivity contribution in [2.75, 3.05) is 26.6 Å². The van der Waals surface area contributed by atoms with E-state index in [1.54, 1.807) is 5.01 Å². The van der Waals surface area contributed by atoms with Gasteiger partial charge >= 0.3 is 0 Å². The van der Waals surface area contributed by atoms with Crippen LogP contribution in [0.2, 0.25) is 0 Å². The minimum Gasteiger partial charge on any atom is -0.386 e. The molecule has 0 amide bonds. The van der Waals surface area contributed by atoms with Gasteiger partial charge in [-0.15, -0.1) is 0 Å². The first-order chi connectivity index (χ1) is 11.1. The summed E-state index contributed by atoms with van der Waals surface area (Å²) in [6.45, 7) is 3.93. The molecule has 0 aliphatic heterocycles. The Morgan fingerprint density at radius 2 is 1.91 bits per heavy atom. The van der Waals surface area contributed by atoms with Gasteiger partial charge in [0.15, 0.2) is 5.49 Å². The minimum atomic E-state index is 0.773. The summed E-state index contributed by atoms with van der Waals surface area (Å²) in [5.74, 6) is 0. The Hall–Kier alpha value is -2.76. The summed E-state index contributed by atoms with van der Waals surface area (Å²) in [7, 11) is 5.67. The first-order valence-electron chi connectivity index (χ1n) is 7.52. The molecule has 0 saturated heterocycles. The van der Waals surface area contributed by atoms with Crippen molar-refractivity contribution < 1.29 is 0 Å². The lowest BCUT2D eigenvalue weighted by Crippen LogP contribution is -2.34. The fourth-order valence-corrected chi connectivity index (χ4v) is 2.30. The molecule has 0 fully saturated rings. The van der Waals surface area contributed by atoms with Gasteiger partial charge in [-0.2, -0.15) is 5.10 Å². The molecule has 6 heteroatoms. The van der Waals surface area contributed by atoms with E-state index >= 15 is 0 Å². The van der Waals surface area contributed by atoms with E-state index in [0.717, 1.165) is 28.1 Å². The highest BCUT2D eigenvalue weighted by Crippen LogP contribution is 2.10. The van der Waals surface area contributed by atoms with Crippen molar-refractivity contribution in [3.05, 3.63) is 65.2 Å². The third-order valence-electron chi connectivity index (χ3n) is 3.48. The van der Waals surface area contributed by atoms with Gasteiger partial charge in [-0.05, 0) is 19.4 Å². The minimum absolute atomic E-state index is 0.773. The van der Waals surface area contributed by atoms with Gasteiger partial charge in [-0.25, -0.2) is 4.68 Å². The van der Waals surface area contributed by atoms with E-state index in [2.05, 4.69) is 33.0 Å². The molecule has 2 rings (SSSR count). The van der Waals surface area contributed by atoms with E-state index in [9.17, 15) is 0 Å². The number of aromatic nitrogens is 2. The fourth-order valence-electron chi connectivity index (χ4n) is 2.30. The number of nitrogens with one attached hydrogen (secondary N) is 2. The second-order valence-corrected chi connectivity index (χ2v) is 5.20. The molecule has 0 radical (unpaired) electrons. The lowest BCUT2D eigenvalue weighted by Gasteiger charge is -2.15. The fraction of sp³-hybridized carbons (Fsp3) is 0.294. The summed E-state index contributed by atoms with van der Waals surface area (Å²) in [6, 6.07) is 10.2. The summed E-state index contributed by atoms with van der Waals surface area (Å²) in [5, 5.41) is 9.66. The summed E-state index contributed by atoms with van der Waals surface area (Å²) in [5.41, 5.74) is 7.85. The number of rotatable bonds is 5. The summed E-state index contributed by atoms with van der Waals surface area (Å²) in [6.07, 6.45) is 3.78. The van der Waals surface area contributed by atoms with Crippen molar-refractivity contribution in [1.82, 2.24) is 20.0 Å². The molecule has 0 aliphatic rings. The van der Waals surface area contributed by atoms with Crippen molar-refractivity contribution in [3.63, 3.8) is 0 Å². The van der Waals surface area contributed by atoms with Crippen LogP contribution in [-0.4, -0.2) is 35.8 Å². The average molecular weight is 312 g/mol. The highest BCUT2D eigenvalue weighted by Gasteiger charge is 2.03. The molecule has 23 heavy (non-hydrogen) atoms. The molecule has 2 N–H and O–H groups in total. The Bertz CT molecular complexity index is 745. The maximum Gasteiger partial charge on any atom is 0.193 e. The standard InChI is InChI=1S/C17H24N6/c1-13-11-20-14(2)17(23(13)19-4)21-22(5)12-16(18-3)15-9-7-6-8-10-15/h6-12,18-19H,1-5H3/b16-12-,21-17-. The molecule has 0 atom stereocenters. The SMILES string of the molecule is CN/C(=C\N(C)/N=c1/c(C)ncc(C)n1NC)c1ccccc1. The highest BCUT2D eigenvalue weighted by molar-refractivity contribution is 5.63. The Labute approximate surface area is 137 Å². The van der Waals surface area contributed by atoms with E-state index in [4.69, 9.17) is 0 Å². The largest absolute Gasteiger partial charge is 0.386 e. The normalized spacial score (nSPS) is 12.2. The average Bonchev–Trinajstić information content (AvgIpc) is 2.57. The molecular formula is C17H24N6.